The second-order valence-corrected chi connectivity index (χ2v) is 5.30. The number of rotatable bonds is 3. The lowest BCUT2D eigenvalue weighted by molar-refractivity contribution is 0.500. The van der Waals surface area contributed by atoms with Gasteiger partial charge < -0.3 is 0 Å². The van der Waals surface area contributed by atoms with Crippen molar-refractivity contribution in [2.75, 3.05) is 0 Å². The molecule has 0 N–H and O–H groups in total. The fraction of sp³-hybridized carbons (Fsp3) is 0.583. The van der Waals surface area contributed by atoms with Gasteiger partial charge in [0.2, 0.25) is 0 Å². The Kier molecular flexibility index (Phi) is 2.91. The molecular formula is C12H16BrN. The van der Waals surface area contributed by atoms with Crippen molar-refractivity contribution in [3.8, 4) is 0 Å². The van der Waals surface area contributed by atoms with Crippen molar-refractivity contribution in [2.45, 2.75) is 33.1 Å². The third kappa shape index (κ3) is 2.35. The van der Waals surface area contributed by atoms with Gasteiger partial charge in [0, 0.05) is 16.4 Å². The van der Waals surface area contributed by atoms with E-state index in [0.29, 0.717) is 0 Å². The zero-order valence-electron chi connectivity index (χ0n) is 8.76. The van der Waals surface area contributed by atoms with Gasteiger partial charge in [0.05, 0.1) is 0 Å². The molecule has 0 unspecified atom stereocenters. The topological polar surface area (TPSA) is 12.9 Å². The molecule has 0 radical (unpaired) electrons. The van der Waals surface area contributed by atoms with Crippen LogP contribution in [0.5, 0.6) is 0 Å². The van der Waals surface area contributed by atoms with Crippen LogP contribution in [0, 0.1) is 18.8 Å². The predicted octanol–water partition coefficient (Wildman–Crippen LogP) is 3.74. The van der Waals surface area contributed by atoms with Crippen LogP contribution < -0.4 is 0 Å². The van der Waals surface area contributed by atoms with Gasteiger partial charge in [-0.25, -0.2) is 0 Å². The second-order valence-electron chi connectivity index (χ2n) is 4.44. The Morgan fingerprint density at radius 1 is 1.57 bits per heavy atom. The molecule has 1 saturated carbocycles. The quantitative estimate of drug-likeness (QED) is 0.800. The summed E-state index contributed by atoms with van der Waals surface area (Å²) in [5.74, 6) is 1.78. The highest BCUT2D eigenvalue weighted by Gasteiger charge is 2.27. The summed E-state index contributed by atoms with van der Waals surface area (Å²) in [4.78, 5) is 4.44. The Labute approximate surface area is 94.1 Å². The molecule has 1 atom stereocenters. The Bertz CT molecular complexity index is 331. The largest absolute Gasteiger partial charge is 0.260 e. The van der Waals surface area contributed by atoms with Crippen molar-refractivity contribution < 1.29 is 0 Å². The van der Waals surface area contributed by atoms with E-state index < -0.39 is 0 Å². The highest BCUT2D eigenvalue weighted by molar-refractivity contribution is 9.10. The molecule has 0 saturated heterocycles. The molecule has 0 bridgehead atoms. The van der Waals surface area contributed by atoms with Crippen molar-refractivity contribution in [3.63, 3.8) is 0 Å². The number of hydrogen-bond donors (Lipinski definition) is 0. The lowest BCUT2D eigenvalue weighted by atomic mass is 9.99. The maximum Gasteiger partial charge on any atom is 0.0416 e. The molecule has 0 aromatic carbocycles. The number of hydrogen-bond acceptors (Lipinski definition) is 1. The van der Waals surface area contributed by atoms with Crippen LogP contribution in [0.2, 0.25) is 0 Å². The first-order valence-electron chi connectivity index (χ1n) is 5.28. The van der Waals surface area contributed by atoms with E-state index in [0.717, 1.165) is 22.7 Å². The van der Waals surface area contributed by atoms with Crippen molar-refractivity contribution in [1.29, 1.82) is 0 Å². The smallest absolute Gasteiger partial charge is 0.0416 e. The number of nitrogens with zero attached hydrogens (tertiary/aromatic N) is 1. The van der Waals surface area contributed by atoms with Crippen LogP contribution in [0.15, 0.2) is 16.7 Å². The Balaban J connectivity index is 2.04. The summed E-state index contributed by atoms with van der Waals surface area (Å²) in [5.41, 5.74) is 2.53. The van der Waals surface area contributed by atoms with Crippen molar-refractivity contribution in [3.05, 3.63) is 28.0 Å². The minimum Gasteiger partial charge on any atom is -0.260 e. The molecule has 1 nitrogen and oxygen atoms in total. The molecule has 14 heavy (non-hydrogen) atoms. The van der Waals surface area contributed by atoms with Gasteiger partial charge >= 0.3 is 0 Å². The molecule has 1 aromatic heterocycles. The zero-order chi connectivity index (χ0) is 10.1. The second kappa shape index (κ2) is 4.01. The van der Waals surface area contributed by atoms with Crippen LogP contribution in [0.3, 0.4) is 0 Å². The molecule has 2 rings (SSSR count). The van der Waals surface area contributed by atoms with Crippen molar-refractivity contribution >= 4 is 15.9 Å². The highest BCUT2D eigenvalue weighted by atomic mass is 79.9. The van der Waals surface area contributed by atoms with Gasteiger partial charge in [-0.05, 0) is 65.6 Å². The molecule has 0 spiro atoms. The lowest BCUT2D eigenvalue weighted by Crippen LogP contribution is -2.03. The maximum absolute atomic E-state index is 4.44. The van der Waals surface area contributed by atoms with Crippen LogP contribution in [0.4, 0.5) is 0 Å². The molecule has 1 aromatic rings. The molecular weight excluding hydrogens is 238 g/mol. The monoisotopic (exact) mass is 253 g/mol. The Hall–Kier alpha value is -0.370. The molecule has 0 aliphatic heterocycles. The number of aromatic nitrogens is 1. The molecule has 1 aliphatic carbocycles. The van der Waals surface area contributed by atoms with E-state index in [9.17, 15) is 0 Å². The number of aryl methyl sites for hydroxylation is 1. The minimum absolute atomic E-state index is 0.808. The average Bonchev–Trinajstić information content (AvgIpc) is 2.94. The summed E-state index contributed by atoms with van der Waals surface area (Å²) in [6.45, 7) is 4.47. The third-order valence-electron chi connectivity index (χ3n) is 3.06. The first kappa shape index (κ1) is 10.2. The maximum atomic E-state index is 4.44. The van der Waals surface area contributed by atoms with Crippen molar-refractivity contribution in [2.24, 2.45) is 11.8 Å². The van der Waals surface area contributed by atoms with Gasteiger partial charge in [0.25, 0.3) is 0 Å². The van der Waals surface area contributed by atoms with Gasteiger partial charge in [0.1, 0.15) is 0 Å². The van der Waals surface area contributed by atoms with Gasteiger partial charge in [-0.15, -0.1) is 0 Å². The van der Waals surface area contributed by atoms with E-state index in [1.807, 2.05) is 6.20 Å². The summed E-state index contributed by atoms with van der Waals surface area (Å²) in [6.07, 6.45) is 5.91. The SMILES string of the molecule is Cc1cc(C[C@H](C)C2CC2)ncc1Br. The third-order valence-corrected chi connectivity index (χ3v) is 3.89. The van der Waals surface area contributed by atoms with E-state index in [-0.39, 0.29) is 0 Å². The Morgan fingerprint density at radius 2 is 2.29 bits per heavy atom. The zero-order valence-corrected chi connectivity index (χ0v) is 10.3. The highest BCUT2D eigenvalue weighted by Crippen LogP contribution is 2.38. The summed E-state index contributed by atoms with van der Waals surface area (Å²) < 4.78 is 1.11. The normalized spacial score (nSPS) is 18.2. The fourth-order valence-electron chi connectivity index (χ4n) is 1.87. The molecule has 2 heteroatoms. The molecule has 1 heterocycles. The van der Waals surface area contributed by atoms with Crippen LogP contribution in [-0.4, -0.2) is 4.98 Å². The van der Waals surface area contributed by atoms with E-state index in [1.165, 1.54) is 24.1 Å². The van der Waals surface area contributed by atoms with Gasteiger partial charge in [-0.3, -0.25) is 4.98 Å². The summed E-state index contributed by atoms with van der Waals surface area (Å²) >= 11 is 3.47. The predicted molar refractivity (Wildman–Crippen MR) is 62.3 cm³/mol. The van der Waals surface area contributed by atoms with Crippen LogP contribution in [0.1, 0.15) is 31.0 Å². The minimum atomic E-state index is 0.808. The molecule has 1 fully saturated rings. The first-order chi connectivity index (χ1) is 6.66. The van der Waals surface area contributed by atoms with E-state index in [2.05, 4.69) is 40.8 Å². The van der Waals surface area contributed by atoms with Crippen molar-refractivity contribution in [1.82, 2.24) is 4.98 Å². The van der Waals surface area contributed by atoms with E-state index >= 15 is 0 Å². The van der Waals surface area contributed by atoms with Gasteiger partial charge in [-0.2, -0.15) is 0 Å². The molecule has 76 valence electrons. The van der Waals surface area contributed by atoms with Crippen LogP contribution >= 0.6 is 15.9 Å². The fourth-order valence-corrected chi connectivity index (χ4v) is 2.09. The molecule has 1 aliphatic rings. The van der Waals surface area contributed by atoms with Crippen LogP contribution in [-0.2, 0) is 6.42 Å². The van der Waals surface area contributed by atoms with Crippen LogP contribution in [0.25, 0.3) is 0 Å². The average molecular weight is 254 g/mol. The number of halogens is 1. The van der Waals surface area contributed by atoms with Gasteiger partial charge in [-0.1, -0.05) is 6.92 Å². The Morgan fingerprint density at radius 3 is 2.86 bits per heavy atom. The first-order valence-corrected chi connectivity index (χ1v) is 6.07. The summed E-state index contributed by atoms with van der Waals surface area (Å²) in [6, 6.07) is 2.20. The van der Waals surface area contributed by atoms with E-state index in [4.69, 9.17) is 0 Å². The lowest BCUT2D eigenvalue weighted by Gasteiger charge is -2.09. The molecule has 0 amide bonds. The standard InChI is InChI=1S/C12H16BrN/c1-8(10-3-4-10)5-11-6-9(2)12(13)7-14-11/h6-8,10H,3-5H2,1-2H3/t8-/m0/s1. The van der Waals surface area contributed by atoms with Gasteiger partial charge in [0.15, 0.2) is 0 Å². The van der Waals surface area contributed by atoms with E-state index in [1.54, 1.807) is 0 Å². The summed E-state index contributed by atoms with van der Waals surface area (Å²) in [7, 11) is 0. The summed E-state index contributed by atoms with van der Waals surface area (Å²) in [5, 5.41) is 0. The number of pyridine rings is 1.